The molecule has 0 aliphatic heterocycles. The molecule has 0 saturated carbocycles. The molecule has 1 rings (SSSR count). The number of amides is 2. The van der Waals surface area contributed by atoms with E-state index in [0.717, 1.165) is 5.56 Å². The third-order valence-corrected chi connectivity index (χ3v) is 3.07. The van der Waals surface area contributed by atoms with Gasteiger partial charge in [-0.3, -0.25) is 0 Å². The summed E-state index contributed by atoms with van der Waals surface area (Å²) in [5, 5.41) is 23.0. The van der Waals surface area contributed by atoms with Crippen LogP contribution >= 0.6 is 23.2 Å². The average Bonchev–Trinajstić information content (AvgIpc) is 2.38. The third-order valence-electron chi connectivity index (χ3n) is 2.48. The number of nitrogens with one attached hydrogen (secondary N) is 2. The van der Waals surface area contributed by atoms with E-state index in [0.29, 0.717) is 16.5 Å². The van der Waals surface area contributed by atoms with E-state index in [1.807, 2.05) is 0 Å². The Hall–Kier alpha value is -1.50. The highest BCUT2D eigenvalue weighted by Crippen LogP contribution is 2.20. The van der Waals surface area contributed by atoms with E-state index in [1.54, 1.807) is 18.2 Å². The fourth-order valence-electron chi connectivity index (χ4n) is 1.43. The summed E-state index contributed by atoms with van der Waals surface area (Å²) in [6.07, 6.45) is 0.473. The second kappa shape index (κ2) is 7.94. The Balaban J connectivity index is 2.40. The summed E-state index contributed by atoms with van der Waals surface area (Å²) in [4.78, 5) is 22.0. The van der Waals surface area contributed by atoms with Crippen molar-refractivity contribution in [3.05, 3.63) is 33.8 Å². The summed E-state index contributed by atoms with van der Waals surface area (Å²) in [5.74, 6) is -1.30. The van der Waals surface area contributed by atoms with Gasteiger partial charge in [-0.2, -0.15) is 0 Å². The lowest BCUT2D eigenvalue weighted by atomic mass is 10.1. The molecule has 0 heterocycles. The first-order valence-corrected chi connectivity index (χ1v) is 6.51. The first-order valence-electron chi connectivity index (χ1n) is 5.76. The number of aliphatic carboxylic acids is 1. The molecule has 1 aromatic rings. The highest BCUT2D eigenvalue weighted by atomic mass is 35.5. The molecule has 0 saturated heterocycles. The standard InChI is InChI=1S/C12H14Cl2N2O4/c13-8-2-1-7(9(14)5-8)3-4-15-12(20)16-10(6-17)11(18)19/h1-2,5,10,17H,3-4,6H2,(H,18,19)(H2,15,16,20)/t10-/m1/s1. The van der Waals surface area contributed by atoms with Gasteiger partial charge < -0.3 is 20.8 Å². The minimum Gasteiger partial charge on any atom is -0.480 e. The van der Waals surface area contributed by atoms with Gasteiger partial charge in [0.05, 0.1) is 6.61 Å². The van der Waals surface area contributed by atoms with Crippen molar-refractivity contribution in [3.63, 3.8) is 0 Å². The number of carboxylic acids is 1. The lowest BCUT2D eigenvalue weighted by Gasteiger charge is -2.12. The molecule has 1 atom stereocenters. The van der Waals surface area contributed by atoms with E-state index >= 15 is 0 Å². The van der Waals surface area contributed by atoms with E-state index in [2.05, 4.69) is 10.6 Å². The van der Waals surface area contributed by atoms with Crippen molar-refractivity contribution in [2.24, 2.45) is 0 Å². The predicted octanol–water partition coefficient (Wildman–Crippen LogP) is 1.28. The van der Waals surface area contributed by atoms with Crippen LogP contribution in [-0.2, 0) is 11.2 Å². The SMILES string of the molecule is O=C(NCCc1ccc(Cl)cc1Cl)N[C@H](CO)C(=O)O. The molecule has 0 spiro atoms. The van der Waals surface area contributed by atoms with Crippen molar-refractivity contribution in [2.75, 3.05) is 13.2 Å². The predicted molar refractivity (Wildman–Crippen MR) is 75.2 cm³/mol. The summed E-state index contributed by atoms with van der Waals surface area (Å²) in [5.41, 5.74) is 0.813. The zero-order valence-electron chi connectivity index (χ0n) is 10.4. The Bertz CT molecular complexity index is 496. The molecule has 4 N–H and O–H groups in total. The van der Waals surface area contributed by atoms with Gasteiger partial charge in [0, 0.05) is 16.6 Å². The van der Waals surface area contributed by atoms with E-state index in [1.165, 1.54) is 0 Å². The molecule has 0 unspecified atom stereocenters. The number of hydrogen-bond donors (Lipinski definition) is 4. The van der Waals surface area contributed by atoms with Gasteiger partial charge in [-0.05, 0) is 24.1 Å². The summed E-state index contributed by atoms with van der Waals surface area (Å²) in [6, 6.07) is 3.04. The van der Waals surface area contributed by atoms with Gasteiger partial charge in [-0.15, -0.1) is 0 Å². The number of carboxylic acid groups (broad SMARTS) is 1. The molecule has 8 heteroatoms. The van der Waals surface area contributed by atoms with Crippen molar-refractivity contribution in [3.8, 4) is 0 Å². The molecule has 0 aliphatic rings. The second-order valence-corrected chi connectivity index (χ2v) is 4.80. The van der Waals surface area contributed by atoms with E-state index in [4.69, 9.17) is 33.4 Å². The van der Waals surface area contributed by atoms with E-state index < -0.39 is 24.6 Å². The van der Waals surface area contributed by atoms with Gasteiger partial charge in [-0.25, -0.2) is 9.59 Å². The zero-order chi connectivity index (χ0) is 15.1. The zero-order valence-corrected chi connectivity index (χ0v) is 11.9. The molecule has 0 bridgehead atoms. The number of carbonyl (C=O) groups excluding carboxylic acids is 1. The molecular weight excluding hydrogens is 307 g/mol. The maximum absolute atomic E-state index is 11.4. The Morgan fingerprint density at radius 2 is 2.00 bits per heavy atom. The summed E-state index contributed by atoms with van der Waals surface area (Å²) in [7, 11) is 0. The van der Waals surface area contributed by atoms with Crippen LogP contribution in [0.5, 0.6) is 0 Å². The molecule has 20 heavy (non-hydrogen) atoms. The van der Waals surface area contributed by atoms with Crippen LogP contribution in [0, 0.1) is 0 Å². The van der Waals surface area contributed by atoms with Crippen LogP contribution in [0.2, 0.25) is 10.0 Å². The smallest absolute Gasteiger partial charge is 0.328 e. The quantitative estimate of drug-likeness (QED) is 0.634. The lowest BCUT2D eigenvalue weighted by molar-refractivity contribution is -0.140. The van der Waals surface area contributed by atoms with Gasteiger partial charge in [0.2, 0.25) is 0 Å². The van der Waals surface area contributed by atoms with Crippen LogP contribution in [-0.4, -0.2) is 41.4 Å². The van der Waals surface area contributed by atoms with Gasteiger partial charge in [0.15, 0.2) is 6.04 Å². The lowest BCUT2D eigenvalue weighted by Crippen LogP contribution is -2.48. The number of aliphatic hydroxyl groups is 1. The largest absolute Gasteiger partial charge is 0.480 e. The molecular formula is C12H14Cl2N2O4. The minimum absolute atomic E-state index is 0.269. The fourth-order valence-corrected chi connectivity index (χ4v) is 1.93. The van der Waals surface area contributed by atoms with Gasteiger partial charge in [0.1, 0.15) is 0 Å². The number of halogens is 2. The summed E-state index contributed by atoms with van der Waals surface area (Å²) < 4.78 is 0. The molecule has 2 amide bonds. The van der Waals surface area contributed by atoms with Crippen LogP contribution in [0.4, 0.5) is 4.79 Å². The van der Waals surface area contributed by atoms with Crippen LogP contribution in [0.1, 0.15) is 5.56 Å². The molecule has 0 fully saturated rings. The first-order chi connectivity index (χ1) is 9.43. The normalized spacial score (nSPS) is 11.8. The minimum atomic E-state index is -1.32. The number of aliphatic hydroxyl groups excluding tert-OH is 1. The maximum atomic E-state index is 11.4. The Morgan fingerprint density at radius 3 is 2.55 bits per heavy atom. The molecule has 0 aromatic heterocycles. The molecule has 0 aliphatic carbocycles. The highest BCUT2D eigenvalue weighted by Gasteiger charge is 2.18. The third kappa shape index (κ3) is 5.24. The number of benzene rings is 1. The monoisotopic (exact) mass is 320 g/mol. The van der Waals surface area contributed by atoms with Crippen molar-refractivity contribution >= 4 is 35.2 Å². The first kappa shape index (κ1) is 16.6. The topological polar surface area (TPSA) is 98.7 Å². The van der Waals surface area contributed by atoms with Crippen molar-refractivity contribution < 1.29 is 19.8 Å². The second-order valence-electron chi connectivity index (χ2n) is 3.96. The Labute approximate surface area is 125 Å². The number of rotatable bonds is 6. The summed E-state index contributed by atoms with van der Waals surface area (Å²) in [6.45, 7) is -0.406. The van der Waals surface area contributed by atoms with E-state index in [-0.39, 0.29) is 6.54 Å². The summed E-state index contributed by atoms with van der Waals surface area (Å²) >= 11 is 11.7. The molecule has 1 aromatic carbocycles. The van der Waals surface area contributed by atoms with Gasteiger partial charge in [0.25, 0.3) is 0 Å². The van der Waals surface area contributed by atoms with Gasteiger partial charge in [-0.1, -0.05) is 29.3 Å². The van der Waals surface area contributed by atoms with Crippen LogP contribution < -0.4 is 10.6 Å². The van der Waals surface area contributed by atoms with E-state index in [9.17, 15) is 9.59 Å². The number of carbonyl (C=O) groups is 2. The highest BCUT2D eigenvalue weighted by molar-refractivity contribution is 6.35. The molecule has 0 radical (unpaired) electrons. The number of urea groups is 1. The molecule has 6 nitrogen and oxygen atoms in total. The Morgan fingerprint density at radius 1 is 1.30 bits per heavy atom. The van der Waals surface area contributed by atoms with Crippen molar-refractivity contribution in [1.82, 2.24) is 10.6 Å². The van der Waals surface area contributed by atoms with Gasteiger partial charge >= 0.3 is 12.0 Å². The maximum Gasteiger partial charge on any atom is 0.328 e. The fraction of sp³-hybridized carbons (Fsp3) is 0.333. The average molecular weight is 321 g/mol. The van der Waals surface area contributed by atoms with Crippen LogP contribution in [0.3, 0.4) is 0 Å². The van der Waals surface area contributed by atoms with Crippen LogP contribution in [0.15, 0.2) is 18.2 Å². The van der Waals surface area contributed by atoms with Crippen LogP contribution in [0.25, 0.3) is 0 Å². The van der Waals surface area contributed by atoms with Crippen molar-refractivity contribution in [1.29, 1.82) is 0 Å². The number of hydrogen-bond acceptors (Lipinski definition) is 3. The molecule has 110 valence electrons. The van der Waals surface area contributed by atoms with Crippen molar-refractivity contribution in [2.45, 2.75) is 12.5 Å². The Kier molecular flexibility index (Phi) is 6.57.